The Morgan fingerprint density at radius 3 is 1.79 bits per heavy atom. The van der Waals surface area contributed by atoms with Crippen molar-refractivity contribution in [3.63, 3.8) is 0 Å². The maximum absolute atomic E-state index is 6.86. The molecule has 7 heteroatoms. The summed E-state index contributed by atoms with van der Waals surface area (Å²) in [4.78, 5) is 10.9. The Balaban J connectivity index is 1.79. The molecule has 8 unspecified atom stereocenters. The zero-order valence-corrected chi connectivity index (χ0v) is 15.7. The molecule has 7 nitrogen and oxygen atoms in total. The molecule has 2 spiro atoms. The van der Waals surface area contributed by atoms with Gasteiger partial charge in [0.1, 0.15) is 0 Å². The summed E-state index contributed by atoms with van der Waals surface area (Å²) in [5.41, 5.74) is 0. The molecule has 0 aliphatic carbocycles. The summed E-state index contributed by atoms with van der Waals surface area (Å²) in [6.07, 6.45) is 0. The van der Waals surface area contributed by atoms with Crippen LogP contribution in [0.25, 0.3) is 0 Å². The Morgan fingerprint density at radius 1 is 0.708 bits per heavy atom. The number of nitrogens with two attached hydrogens (primary N) is 1. The normalized spacial score (nSPS) is 58.8. The zero-order chi connectivity index (χ0) is 17.0. The van der Waals surface area contributed by atoms with Gasteiger partial charge in [-0.05, 0) is 34.6 Å². The van der Waals surface area contributed by atoms with Gasteiger partial charge in [0.2, 0.25) is 0 Å². The Morgan fingerprint density at radius 2 is 1.17 bits per heavy atom. The van der Waals surface area contributed by atoms with E-state index >= 15 is 0 Å². The van der Waals surface area contributed by atoms with Gasteiger partial charge in [-0.1, -0.05) is 0 Å². The molecule has 136 valence electrons. The van der Waals surface area contributed by atoms with Crippen molar-refractivity contribution in [3.8, 4) is 0 Å². The van der Waals surface area contributed by atoms with Crippen LogP contribution in [0.5, 0.6) is 0 Å². The lowest BCUT2D eigenvalue weighted by Gasteiger charge is -2.74. The van der Waals surface area contributed by atoms with Crippen molar-refractivity contribution in [1.82, 2.24) is 29.9 Å². The molecule has 0 radical (unpaired) electrons. The number of nitrogens with zero attached hydrogens (tertiary/aromatic N) is 5. The molecule has 5 fully saturated rings. The molecule has 0 aromatic carbocycles. The molecule has 0 aromatic rings. The van der Waals surface area contributed by atoms with E-state index in [4.69, 9.17) is 5.84 Å². The highest BCUT2D eigenvalue weighted by atomic mass is 15.8. The average Bonchev–Trinajstić information content (AvgIpc) is 3.00. The largest absolute Gasteiger partial charge is 0.279 e. The quantitative estimate of drug-likeness (QED) is 0.567. The fourth-order valence-electron chi connectivity index (χ4n) is 6.74. The average molecular weight is 336 g/mol. The first-order valence-electron chi connectivity index (χ1n) is 9.71. The number of piperazine rings is 3. The fraction of sp³-hybridized carbons (Fsp3) is 1.00. The number of hydrogen-bond acceptors (Lipinski definition) is 7. The Kier molecular flexibility index (Phi) is 3.13. The third-order valence-corrected chi connectivity index (χ3v) is 7.39. The van der Waals surface area contributed by atoms with Gasteiger partial charge in [-0.2, -0.15) is 0 Å². The first kappa shape index (κ1) is 15.9. The highest BCUT2D eigenvalue weighted by molar-refractivity contribution is 5.25. The van der Waals surface area contributed by atoms with E-state index in [2.05, 4.69) is 64.5 Å². The van der Waals surface area contributed by atoms with Crippen LogP contribution in [0.3, 0.4) is 0 Å². The highest BCUT2D eigenvalue weighted by Crippen LogP contribution is 2.55. The van der Waals surface area contributed by atoms with E-state index in [9.17, 15) is 0 Å². The smallest absolute Gasteiger partial charge is 0.192 e. The van der Waals surface area contributed by atoms with Gasteiger partial charge >= 0.3 is 0 Å². The highest BCUT2D eigenvalue weighted by Gasteiger charge is 2.79. The minimum Gasteiger partial charge on any atom is -0.279 e. The number of hydrogen-bond donors (Lipinski definition) is 2. The zero-order valence-electron chi connectivity index (χ0n) is 15.7. The molecule has 5 saturated heterocycles. The number of nitrogens with one attached hydrogen (secondary N) is 1. The molecule has 5 heterocycles. The van der Waals surface area contributed by atoms with Crippen molar-refractivity contribution in [3.05, 3.63) is 0 Å². The topological polar surface area (TPSA) is 54.2 Å². The lowest BCUT2D eigenvalue weighted by molar-refractivity contribution is -0.360. The van der Waals surface area contributed by atoms with E-state index in [0.29, 0.717) is 30.2 Å². The van der Waals surface area contributed by atoms with Crippen LogP contribution in [0, 0.1) is 0 Å². The van der Waals surface area contributed by atoms with E-state index in [-0.39, 0.29) is 11.6 Å². The summed E-state index contributed by atoms with van der Waals surface area (Å²) in [7, 11) is 0. The number of rotatable bonds is 0. The van der Waals surface area contributed by atoms with Crippen molar-refractivity contribution in [2.75, 3.05) is 32.7 Å². The molecule has 24 heavy (non-hydrogen) atoms. The Bertz CT molecular complexity index is 557. The van der Waals surface area contributed by atoms with Crippen molar-refractivity contribution < 1.29 is 0 Å². The predicted molar refractivity (Wildman–Crippen MR) is 93.6 cm³/mol. The van der Waals surface area contributed by atoms with Crippen molar-refractivity contribution in [1.29, 1.82) is 0 Å². The molecule has 5 aliphatic heterocycles. The monoisotopic (exact) mass is 335 g/mol. The molecule has 5 rings (SSSR count). The standard InChI is InChI=1S/C17H33N7/c1-11-6-20-12(2)8-22-14(4)9-23-13(3)7-21-15(5)10-24(18)17(22,23)16(20,21)19-11/h11-15,19H,6-10,18H2,1-5H3. The van der Waals surface area contributed by atoms with E-state index < -0.39 is 0 Å². The molecule has 0 aromatic heterocycles. The third-order valence-electron chi connectivity index (χ3n) is 7.39. The second-order valence-electron chi connectivity index (χ2n) is 9.01. The predicted octanol–water partition coefficient (Wildman–Crippen LogP) is -0.722. The van der Waals surface area contributed by atoms with Gasteiger partial charge in [0, 0.05) is 62.9 Å². The van der Waals surface area contributed by atoms with Crippen LogP contribution in [0.15, 0.2) is 0 Å². The SMILES string of the molecule is CC1CN2C(C)CN3C(C)CN4C(C)CN5C(C)CN(N)C34C25N1. The second kappa shape index (κ2) is 4.71. The molecule has 2 bridgehead atoms. The van der Waals surface area contributed by atoms with Crippen LogP contribution in [0.2, 0.25) is 0 Å². The van der Waals surface area contributed by atoms with Gasteiger partial charge in [0.05, 0.1) is 0 Å². The summed E-state index contributed by atoms with van der Waals surface area (Å²) in [5, 5.41) is 6.22. The van der Waals surface area contributed by atoms with Crippen LogP contribution >= 0.6 is 0 Å². The van der Waals surface area contributed by atoms with Crippen LogP contribution in [0.1, 0.15) is 34.6 Å². The third kappa shape index (κ3) is 1.47. The minimum atomic E-state index is -0.256. The summed E-state index contributed by atoms with van der Waals surface area (Å²) >= 11 is 0. The molecule has 5 aliphatic rings. The maximum atomic E-state index is 6.86. The van der Waals surface area contributed by atoms with Gasteiger partial charge in [-0.25, -0.2) is 5.01 Å². The first-order chi connectivity index (χ1) is 11.3. The summed E-state index contributed by atoms with van der Waals surface area (Å²) in [6.45, 7) is 17.2. The molecular formula is C17H33N7. The first-order valence-corrected chi connectivity index (χ1v) is 9.71. The van der Waals surface area contributed by atoms with Gasteiger partial charge in [-0.3, -0.25) is 30.8 Å². The molecule has 8 atom stereocenters. The minimum absolute atomic E-state index is 0.201. The van der Waals surface area contributed by atoms with Crippen molar-refractivity contribution in [2.24, 2.45) is 5.84 Å². The van der Waals surface area contributed by atoms with E-state index in [1.165, 1.54) is 0 Å². The maximum Gasteiger partial charge on any atom is 0.192 e. The van der Waals surface area contributed by atoms with E-state index in [1.54, 1.807) is 0 Å². The van der Waals surface area contributed by atoms with Crippen LogP contribution < -0.4 is 11.2 Å². The lowest BCUT2D eigenvalue weighted by Crippen LogP contribution is -2.98. The van der Waals surface area contributed by atoms with Gasteiger partial charge in [-0.15, -0.1) is 0 Å². The lowest BCUT2D eigenvalue weighted by atomic mass is 9.87. The molecule has 0 saturated carbocycles. The van der Waals surface area contributed by atoms with Crippen molar-refractivity contribution in [2.45, 2.75) is 76.4 Å². The second-order valence-corrected chi connectivity index (χ2v) is 9.01. The van der Waals surface area contributed by atoms with Gasteiger partial charge in [0.15, 0.2) is 11.6 Å². The van der Waals surface area contributed by atoms with E-state index in [1.807, 2.05) is 0 Å². The van der Waals surface area contributed by atoms with Crippen LogP contribution in [0.4, 0.5) is 0 Å². The van der Waals surface area contributed by atoms with Crippen molar-refractivity contribution >= 4 is 0 Å². The van der Waals surface area contributed by atoms with E-state index in [0.717, 1.165) is 32.7 Å². The van der Waals surface area contributed by atoms with Crippen LogP contribution in [-0.2, 0) is 0 Å². The molecular weight excluding hydrogens is 302 g/mol. The summed E-state index contributed by atoms with van der Waals surface area (Å²) in [5.74, 6) is 6.41. The van der Waals surface area contributed by atoms with Gasteiger partial charge < -0.3 is 0 Å². The molecule has 0 amide bonds. The van der Waals surface area contributed by atoms with Gasteiger partial charge in [0.25, 0.3) is 0 Å². The summed E-state index contributed by atoms with van der Waals surface area (Å²) in [6, 6.07) is 2.52. The molecule has 3 N–H and O–H groups in total. The Labute approximate surface area is 145 Å². The number of hydrazine groups is 1. The fourth-order valence-corrected chi connectivity index (χ4v) is 6.74. The van der Waals surface area contributed by atoms with Crippen LogP contribution in [-0.4, -0.2) is 99.1 Å². The summed E-state index contributed by atoms with van der Waals surface area (Å²) < 4.78 is 0. The Hall–Kier alpha value is -0.280.